The number of nitrogens with one attached hydrogen (secondary N) is 2. The molecule has 0 saturated carbocycles. The van der Waals surface area contributed by atoms with Gasteiger partial charge in [0.1, 0.15) is 0 Å². The molecular weight excluding hydrogens is 296 g/mol. The summed E-state index contributed by atoms with van der Waals surface area (Å²) in [6, 6.07) is 10.6. The summed E-state index contributed by atoms with van der Waals surface area (Å²) in [6.45, 7) is 0.946. The molecule has 0 spiro atoms. The zero-order chi connectivity index (χ0) is 14.2. The maximum Gasteiger partial charge on any atom is 0.241 e. The van der Waals surface area contributed by atoms with Crippen molar-refractivity contribution in [2.45, 2.75) is 38.1 Å². The lowest BCUT2D eigenvalue weighted by Gasteiger charge is -2.23. The molecule has 0 radical (unpaired) electrons. The van der Waals surface area contributed by atoms with Crippen LogP contribution in [-0.4, -0.2) is 18.5 Å². The lowest BCUT2D eigenvalue weighted by molar-refractivity contribution is -0.118. The normalized spacial score (nSPS) is 19.7. The number of carbonyl (C=O) groups is 1. The van der Waals surface area contributed by atoms with Gasteiger partial charge < -0.3 is 10.6 Å². The number of hydrogen-bond acceptors (Lipinski definition) is 2. The largest absolute Gasteiger partial charge is 0.324 e. The molecule has 1 saturated heterocycles. The minimum absolute atomic E-state index is 0. The van der Waals surface area contributed by atoms with Crippen molar-refractivity contribution in [1.29, 1.82) is 0 Å². The molecule has 2 N–H and O–H groups in total. The Morgan fingerprint density at radius 3 is 2.68 bits per heavy atom. The molecule has 1 amide bonds. The summed E-state index contributed by atoms with van der Waals surface area (Å²) in [5, 5.41) is 8.99. The number of benzene rings is 2. The van der Waals surface area contributed by atoms with Crippen molar-refractivity contribution in [3.63, 3.8) is 0 Å². The van der Waals surface area contributed by atoms with E-state index >= 15 is 0 Å². The van der Waals surface area contributed by atoms with Crippen LogP contribution in [0.25, 0.3) is 10.8 Å². The Morgan fingerprint density at radius 2 is 1.91 bits per heavy atom. The minimum atomic E-state index is -0.0400. The summed E-state index contributed by atoms with van der Waals surface area (Å²) in [4.78, 5) is 12.4. The van der Waals surface area contributed by atoms with Gasteiger partial charge in [-0.1, -0.05) is 30.7 Å². The zero-order valence-electron chi connectivity index (χ0n) is 12.5. The van der Waals surface area contributed by atoms with Gasteiger partial charge in [0.15, 0.2) is 0 Å². The third-order valence-corrected chi connectivity index (χ3v) is 4.76. The Balaban J connectivity index is 0.00000144. The Labute approximate surface area is 136 Å². The molecule has 0 bridgehead atoms. The maximum absolute atomic E-state index is 12.4. The molecule has 1 heterocycles. The van der Waals surface area contributed by atoms with Crippen molar-refractivity contribution in [3.05, 3.63) is 41.5 Å². The van der Waals surface area contributed by atoms with E-state index in [0.29, 0.717) is 0 Å². The molecule has 1 aliphatic heterocycles. The second kappa shape index (κ2) is 6.27. The quantitative estimate of drug-likeness (QED) is 0.891. The summed E-state index contributed by atoms with van der Waals surface area (Å²) < 4.78 is 0. The average molecular weight is 317 g/mol. The van der Waals surface area contributed by atoms with Gasteiger partial charge in [-0.05, 0) is 54.8 Å². The molecule has 3 nitrogen and oxygen atoms in total. The van der Waals surface area contributed by atoms with Crippen LogP contribution in [0.3, 0.4) is 0 Å². The summed E-state index contributed by atoms with van der Waals surface area (Å²) in [6.07, 6.45) is 5.48. The molecule has 1 unspecified atom stereocenters. The number of hydrogen-bond donors (Lipinski definition) is 2. The van der Waals surface area contributed by atoms with Gasteiger partial charge in [0.2, 0.25) is 5.91 Å². The number of aryl methyl sites for hydroxylation is 2. The van der Waals surface area contributed by atoms with Crippen molar-refractivity contribution >= 4 is 34.8 Å². The fourth-order valence-corrected chi connectivity index (χ4v) is 3.65. The Hall–Kier alpha value is -1.58. The Kier molecular flexibility index (Phi) is 4.37. The standard InChI is InChI=1S/C18H20N2O.ClH/c21-18(16-6-1-2-11-19-16)20-15-10-9-13-8-7-12-4-3-5-14(15)17(12)13;/h3-5,9-10,16,19H,1-2,6-8,11H2,(H,20,21);1H. The van der Waals surface area contributed by atoms with Crippen molar-refractivity contribution in [3.8, 4) is 0 Å². The van der Waals surface area contributed by atoms with Crippen molar-refractivity contribution in [1.82, 2.24) is 5.32 Å². The van der Waals surface area contributed by atoms with E-state index in [4.69, 9.17) is 0 Å². The fourth-order valence-electron chi connectivity index (χ4n) is 3.65. The predicted molar refractivity (Wildman–Crippen MR) is 92.9 cm³/mol. The van der Waals surface area contributed by atoms with Gasteiger partial charge in [0.05, 0.1) is 6.04 Å². The van der Waals surface area contributed by atoms with E-state index in [0.717, 1.165) is 37.9 Å². The van der Waals surface area contributed by atoms with Crippen LogP contribution in [0.15, 0.2) is 30.3 Å². The molecule has 22 heavy (non-hydrogen) atoms. The van der Waals surface area contributed by atoms with Crippen LogP contribution < -0.4 is 10.6 Å². The smallest absolute Gasteiger partial charge is 0.241 e. The highest BCUT2D eigenvalue weighted by Crippen LogP contribution is 2.35. The van der Waals surface area contributed by atoms with Crippen LogP contribution in [-0.2, 0) is 17.6 Å². The first-order valence-electron chi connectivity index (χ1n) is 7.91. The molecule has 4 rings (SSSR count). The third-order valence-electron chi connectivity index (χ3n) is 4.76. The molecule has 1 fully saturated rings. The second-order valence-corrected chi connectivity index (χ2v) is 6.10. The van der Waals surface area contributed by atoms with Crippen LogP contribution in [0.5, 0.6) is 0 Å². The number of piperidine rings is 1. The first-order chi connectivity index (χ1) is 10.3. The first kappa shape index (κ1) is 15.3. The lowest BCUT2D eigenvalue weighted by Crippen LogP contribution is -2.43. The van der Waals surface area contributed by atoms with Gasteiger partial charge in [-0.2, -0.15) is 0 Å². The van der Waals surface area contributed by atoms with E-state index < -0.39 is 0 Å². The van der Waals surface area contributed by atoms with E-state index in [2.05, 4.69) is 41.0 Å². The van der Waals surface area contributed by atoms with Gasteiger partial charge in [-0.15, -0.1) is 12.4 Å². The molecular formula is C18H21ClN2O. The summed E-state index contributed by atoms with van der Waals surface area (Å²) in [5.74, 6) is 0.105. The molecule has 1 aliphatic carbocycles. The number of anilines is 1. The van der Waals surface area contributed by atoms with Crippen molar-refractivity contribution < 1.29 is 4.79 Å². The number of halogens is 1. The highest BCUT2D eigenvalue weighted by atomic mass is 35.5. The van der Waals surface area contributed by atoms with Crippen molar-refractivity contribution in [2.75, 3.05) is 11.9 Å². The molecule has 0 aromatic heterocycles. The SMILES string of the molecule is Cl.O=C(Nc1ccc2c3c(cccc13)CC2)C1CCCCN1. The van der Waals surface area contributed by atoms with Gasteiger partial charge in [0, 0.05) is 11.1 Å². The molecule has 2 aromatic rings. The Bertz CT molecular complexity index is 697. The lowest BCUT2D eigenvalue weighted by atomic mass is 10.0. The maximum atomic E-state index is 12.4. The van der Waals surface area contributed by atoms with Crippen LogP contribution in [0.2, 0.25) is 0 Å². The fraction of sp³-hybridized carbons (Fsp3) is 0.389. The van der Waals surface area contributed by atoms with Gasteiger partial charge >= 0.3 is 0 Å². The van der Waals surface area contributed by atoms with Crippen LogP contribution in [0.4, 0.5) is 5.69 Å². The zero-order valence-corrected chi connectivity index (χ0v) is 13.3. The Morgan fingerprint density at radius 1 is 1.09 bits per heavy atom. The topological polar surface area (TPSA) is 41.1 Å². The van der Waals surface area contributed by atoms with E-state index in [1.165, 1.54) is 28.3 Å². The highest BCUT2D eigenvalue weighted by molar-refractivity contribution is 6.06. The molecule has 1 atom stereocenters. The first-order valence-corrected chi connectivity index (χ1v) is 7.91. The van der Waals surface area contributed by atoms with E-state index in [1.54, 1.807) is 0 Å². The van der Waals surface area contributed by atoms with E-state index in [1.807, 2.05) is 0 Å². The van der Waals surface area contributed by atoms with Crippen LogP contribution in [0, 0.1) is 0 Å². The summed E-state index contributed by atoms with van der Waals surface area (Å²) in [5.41, 5.74) is 3.78. The van der Waals surface area contributed by atoms with Crippen LogP contribution in [0.1, 0.15) is 30.4 Å². The van der Waals surface area contributed by atoms with Crippen LogP contribution >= 0.6 is 12.4 Å². The van der Waals surface area contributed by atoms with Gasteiger partial charge in [-0.3, -0.25) is 4.79 Å². The number of amides is 1. The molecule has 2 aliphatic rings. The monoisotopic (exact) mass is 316 g/mol. The molecule has 116 valence electrons. The summed E-state index contributed by atoms with van der Waals surface area (Å²) >= 11 is 0. The van der Waals surface area contributed by atoms with Gasteiger partial charge in [0.25, 0.3) is 0 Å². The highest BCUT2D eigenvalue weighted by Gasteiger charge is 2.22. The van der Waals surface area contributed by atoms with E-state index in [9.17, 15) is 4.79 Å². The van der Waals surface area contributed by atoms with Gasteiger partial charge in [-0.25, -0.2) is 0 Å². The minimum Gasteiger partial charge on any atom is -0.324 e. The number of rotatable bonds is 2. The van der Waals surface area contributed by atoms with Crippen molar-refractivity contribution in [2.24, 2.45) is 0 Å². The molecule has 4 heteroatoms. The predicted octanol–water partition coefficient (Wildman–Crippen LogP) is 3.44. The number of carbonyl (C=O) groups excluding carboxylic acids is 1. The second-order valence-electron chi connectivity index (χ2n) is 6.10. The average Bonchev–Trinajstić information content (AvgIpc) is 2.96. The van der Waals surface area contributed by atoms with E-state index in [-0.39, 0.29) is 24.4 Å². The summed E-state index contributed by atoms with van der Waals surface area (Å²) in [7, 11) is 0. The molecule has 2 aromatic carbocycles. The third kappa shape index (κ3) is 2.59.